The lowest BCUT2D eigenvalue weighted by atomic mass is 9.99. The van der Waals surface area contributed by atoms with Crippen molar-refractivity contribution in [1.82, 2.24) is 4.90 Å². The van der Waals surface area contributed by atoms with Gasteiger partial charge in [0.15, 0.2) is 0 Å². The lowest BCUT2D eigenvalue weighted by Gasteiger charge is -2.26. The first-order chi connectivity index (χ1) is 7.19. The molecule has 0 aromatic rings. The molecule has 0 rings (SSSR count). The molecule has 0 heterocycles. The van der Waals surface area contributed by atoms with Crippen LogP contribution in [0.4, 0.5) is 0 Å². The molecule has 0 aromatic heterocycles. The van der Waals surface area contributed by atoms with Crippen LogP contribution in [0.5, 0.6) is 0 Å². The van der Waals surface area contributed by atoms with Crippen molar-refractivity contribution in [3.05, 3.63) is 24.4 Å². The van der Waals surface area contributed by atoms with E-state index in [2.05, 4.69) is 51.3 Å². The fraction of sp³-hybridized carbons (Fsp3) is 0.714. The summed E-state index contributed by atoms with van der Waals surface area (Å²) in [5.74, 6) is 0.661. The summed E-state index contributed by atoms with van der Waals surface area (Å²) >= 11 is 0. The normalized spacial score (nSPS) is 13.1. The highest BCUT2D eigenvalue weighted by Crippen LogP contribution is 2.18. The van der Waals surface area contributed by atoms with Gasteiger partial charge in [0.05, 0.1) is 0 Å². The molecule has 0 spiro atoms. The van der Waals surface area contributed by atoms with Gasteiger partial charge in [-0.2, -0.15) is 0 Å². The third kappa shape index (κ3) is 5.66. The second-order valence-corrected chi connectivity index (χ2v) is 4.04. The van der Waals surface area contributed by atoms with Gasteiger partial charge in [-0.15, -0.1) is 0 Å². The lowest BCUT2D eigenvalue weighted by molar-refractivity contribution is 0.338. The van der Waals surface area contributed by atoms with Crippen LogP contribution in [0.15, 0.2) is 24.4 Å². The van der Waals surface area contributed by atoms with Crippen LogP contribution in [0.2, 0.25) is 0 Å². The third-order valence-corrected chi connectivity index (χ3v) is 2.81. The number of hydrogen-bond donors (Lipinski definition) is 0. The highest BCUT2D eigenvalue weighted by molar-refractivity contribution is 4.99. The Bertz CT molecular complexity index is 194. The minimum atomic E-state index is 0.661. The molecule has 1 unspecified atom stereocenters. The van der Waals surface area contributed by atoms with Gasteiger partial charge in [-0.3, -0.25) is 0 Å². The van der Waals surface area contributed by atoms with E-state index >= 15 is 0 Å². The van der Waals surface area contributed by atoms with Crippen molar-refractivity contribution >= 4 is 0 Å². The predicted octanol–water partition coefficient (Wildman–Crippen LogP) is 4.22. The van der Waals surface area contributed by atoms with Gasteiger partial charge in [0.2, 0.25) is 0 Å². The van der Waals surface area contributed by atoms with Crippen LogP contribution < -0.4 is 0 Å². The average Bonchev–Trinajstić information content (AvgIpc) is 2.24. The molecule has 15 heavy (non-hydrogen) atoms. The molecule has 0 amide bonds. The minimum Gasteiger partial charge on any atom is -0.376 e. The first kappa shape index (κ1) is 14.3. The van der Waals surface area contributed by atoms with Crippen molar-refractivity contribution in [2.45, 2.75) is 47.0 Å². The summed E-state index contributed by atoms with van der Waals surface area (Å²) < 4.78 is 0. The number of hydrogen-bond acceptors (Lipinski definition) is 1. The zero-order valence-electron chi connectivity index (χ0n) is 10.9. The molecule has 1 atom stereocenters. The van der Waals surface area contributed by atoms with Crippen molar-refractivity contribution in [2.24, 2.45) is 5.92 Å². The molecule has 0 aliphatic rings. The largest absolute Gasteiger partial charge is 0.376 e. The molecule has 0 N–H and O–H groups in total. The van der Waals surface area contributed by atoms with Crippen molar-refractivity contribution in [3.63, 3.8) is 0 Å². The van der Waals surface area contributed by atoms with Crippen LogP contribution in [0.3, 0.4) is 0 Å². The first-order valence-corrected chi connectivity index (χ1v) is 6.25. The summed E-state index contributed by atoms with van der Waals surface area (Å²) in [6.07, 6.45) is 7.96. The van der Waals surface area contributed by atoms with Gasteiger partial charge in [0.1, 0.15) is 0 Å². The van der Waals surface area contributed by atoms with Crippen LogP contribution in [0, 0.1) is 5.92 Å². The minimum absolute atomic E-state index is 0.661. The summed E-state index contributed by atoms with van der Waals surface area (Å²) in [5, 5.41) is 0. The van der Waals surface area contributed by atoms with E-state index in [1.54, 1.807) is 0 Å². The average molecular weight is 209 g/mol. The van der Waals surface area contributed by atoms with Crippen molar-refractivity contribution in [2.75, 3.05) is 13.1 Å². The van der Waals surface area contributed by atoms with Crippen LogP contribution in [0.25, 0.3) is 0 Å². The quantitative estimate of drug-likeness (QED) is 0.541. The van der Waals surface area contributed by atoms with E-state index in [1.165, 1.54) is 18.5 Å². The summed E-state index contributed by atoms with van der Waals surface area (Å²) in [4.78, 5) is 2.40. The van der Waals surface area contributed by atoms with Gasteiger partial charge in [0, 0.05) is 18.8 Å². The van der Waals surface area contributed by atoms with Gasteiger partial charge in [-0.25, -0.2) is 0 Å². The second-order valence-electron chi connectivity index (χ2n) is 4.04. The highest BCUT2D eigenvalue weighted by Gasteiger charge is 2.09. The van der Waals surface area contributed by atoms with Gasteiger partial charge < -0.3 is 4.90 Å². The molecule has 0 aliphatic heterocycles. The SMILES string of the molecule is C=C(CC(/C=C/C)CC)N(CC)CCC. The number of nitrogens with zero attached hydrogens (tertiary/aromatic N) is 1. The molecular formula is C14H27N. The molecule has 0 fully saturated rings. The maximum atomic E-state index is 4.21. The van der Waals surface area contributed by atoms with E-state index in [9.17, 15) is 0 Å². The topological polar surface area (TPSA) is 3.24 Å². The Kier molecular flexibility index (Phi) is 8.17. The fourth-order valence-corrected chi connectivity index (χ4v) is 1.86. The molecule has 1 nitrogen and oxygen atoms in total. The van der Waals surface area contributed by atoms with E-state index in [-0.39, 0.29) is 0 Å². The summed E-state index contributed by atoms with van der Waals surface area (Å²) in [7, 11) is 0. The maximum absolute atomic E-state index is 4.21. The third-order valence-electron chi connectivity index (χ3n) is 2.81. The molecule has 0 bridgehead atoms. The molecule has 1 heteroatoms. The molecule has 0 radical (unpaired) electrons. The number of rotatable bonds is 8. The van der Waals surface area contributed by atoms with Crippen LogP contribution in [-0.4, -0.2) is 18.0 Å². The van der Waals surface area contributed by atoms with E-state index in [0.29, 0.717) is 5.92 Å². The highest BCUT2D eigenvalue weighted by atomic mass is 15.1. The first-order valence-electron chi connectivity index (χ1n) is 6.25. The smallest absolute Gasteiger partial charge is 0.0172 e. The van der Waals surface area contributed by atoms with Crippen molar-refractivity contribution < 1.29 is 0 Å². The Morgan fingerprint density at radius 1 is 1.33 bits per heavy atom. The van der Waals surface area contributed by atoms with Crippen LogP contribution >= 0.6 is 0 Å². The van der Waals surface area contributed by atoms with Crippen molar-refractivity contribution in [1.29, 1.82) is 0 Å². The Morgan fingerprint density at radius 3 is 2.40 bits per heavy atom. The molecule has 0 saturated carbocycles. The molecular weight excluding hydrogens is 182 g/mol. The van der Waals surface area contributed by atoms with E-state index in [4.69, 9.17) is 0 Å². The van der Waals surface area contributed by atoms with Gasteiger partial charge >= 0.3 is 0 Å². The Labute approximate surface area is 95.9 Å². The zero-order valence-corrected chi connectivity index (χ0v) is 10.9. The predicted molar refractivity (Wildman–Crippen MR) is 69.9 cm³/mol. The monoisotopic (exact) mass is 209 g/mol. The standard InChI is InChI=1S/C14H27N/c1-6-10-14(8-3)12-13(5)15(9-4)11-7-2/h6,10,14H,5,7-9,11-12H2,1-4H3/b10-6+. The molecule has 0 saturated heterocycles. The maximum Gasteiger partial charge on any atom is 0.0172 e. The van der Waals surface area contributed by atoms with E-state index in [1.807, 2.05) is 0 Å². The second kappa shape index (κ2) is 8.58. The Hall–Kier alpha value is -0.720. The van der Waals surface area contributed by atoms with E-state index in [0.717, 1.165) is 19.5 Å². The van der Waals surface area contributed by atoms with Crippen LogP contribution in [-0.2, 0) is 0 Å². The zero-order chi connectivity index (χ0) is 11.7. The molecule has 88 valence electrons. The summed E-state index contributed by atoms with van der Waals surface area (Å²) in [6, 6.07) is 0. The lowest BCUT2D eigenvalue weighted by Crippen LogP contribution is -2.24. The van der Waals surface area contributed by atoms with Gasteiger partial charge in [0.25, 0.3) is 0 Å². The molecule has 0 aliphatic carbocycles. The van der Waals surface area contributed by atoms with Crippen LogP contribution in [0.1, 0.15) is 47.0 Å². The Morgan fingerprint density at radius 2 is 2.00 bits per heavy atom. The van der Waals surface area contributed by atoms with Gasteiger partial charge in [-0.05, 0) is 39.0 Å². The number of allylic oxidation sites excluding steroid dienone is 3. The molecule has 0 aromatic carbocycles. The summed E-state index contributed by atoms with van der Waals surface area (Å²) in [6.45, 7) is 15.2. The summed E-state index contributed by atoms with van der Waals surface area (Å²) in [5.41, 5.74) is 1.30. The van der Waals surface area contributed by atoms with E-state index < -0.39 is 0 Å². The van der Waals surface area contributed by atoms with Crippen molar-refractivity contribution in [3.8, 4) is 0 Å². The Balaban J connectivity index is 4.17. The fourth-order valence-electron chi connectivity index (χ4n) is 1.86. The van der Waals surface area contributed by atoms with Gasteiger partial charge in [-0.1, -0.05) is 32.6 Å².